The van der Waals surface area contributed by atoms with Gasteiger partial charge in [-0.3, -0.25) is 4.79 Å². The van der Waals surface area contributed by atoms with E-state index in [9.17, 15) is 4.79 Å². The van der Waals surface area contributed by atoms with Crippen LogP contribution in [0, 0.1) is 0 Å². The second-order valence-electron chi connectivity index (χ2n) is 3.15. The lowest BCUT2D eigenvalue weighted by Crippen LogP contribution is -2.14. The summed E-state index contributed by atoms with van der Waals surface area (Å²) < 4.78 is 1.000. The largest absolute Gasteiger partial charge is 0.273 e. The van der Waals surface area contributed by atoms with E-state index in [4.69, 9.17) is 0 Å². The third kappa shape index (κ3) is 1.70. The Morgan fingerprint density at radius 2 is 2.29 bits per heavy atom. The summed E-state index contributed by atoms with van der Waals surface area (Å²) in [6.45, 7) is 0. The Kier molecular flexibility index (Phi) is 2.37. The topological polar surface area (TPSA) is 32.7 Å². The first-order chi connectivity index (χ1) is 6.66. The summed E-state index contributed by atoms with van der Waals surface area (Å²) in [5, 5.41) is 5.55. The molecule has 0 aromatic heterocycles. The maximum atomic E-state index is 11.2. The minimum absolute atomic E-state index is 0.0416. The van der Waals surface area contributed by atoms with E-state index < -0.39 is 0 Å². The van der Waals surface area contributed by atoms with Crippen molar-refractivity contribution in [1.82, 2.24) is 5.01 Å². The summed E-state index contributed by atoms with van der Waals surface area (Å²) in [6, 6.07) is 7.80. The number of amides is 1. The van der Waals surface area contributed by atoms with E-state index in [1.165, 1.54) is 5.01 Å². The predicted molar refractivity (Wildman–Crippen MR) is 58.1 cm³/mol. The van der Waals surface area contributed by atoms with Crippen molar-refractivity contribution in [1.29, 1.82) is 0 Å². The van der Waals surface area contributed by atoms with Crippen molar-refractivity contribution in [2.75, 3.05) is 7.05 Å². The number of hydrogen-bond donors (Lipinski definition) is 0. The second kappa shape index (κ2) is 3.53. The summed E-state index contributed by atoms with van der Waals surface area (Å²) in [7, 11) is 1.67. The zero-order chi connectivity index (χ0) is 10.1. The van der Waals surface area contributed by atoms with Crippen LogP contribution in [-0.4, -0.2) is 23.7 Å². The van der Waals surface area contributed by atoms with E-state index in [-0.39, 0.29) is 5.91 Å². The van der Waals surface area contributed by atoms with Gasteiger partial charge in [-0.15, -0.1) is 0 Å². The lowest BCUT2D eigenvalue weighted by molar-refractivity contribution is -0.127. The van der Waals surface area contributed by atoms with Gasteiger partial charge in [0, 0.05) is 11.5 Å². The SMILES string of the molecule is CN1N=C(c2cccc(Br)c2)CC1=O. The molecule has 1 amide bonds. The van der Waals surface area contributed by atoms with Crippen LogP contribution in [0.5, 0.6) is 0 Å². The fourth-order valence-electron chi connectivity index (χ4n) is 1.36. The van der Waals surface area contributed by atoms with Crippen LogP contribution in [0.15, 0.2) is 33.8 Å². The average molecular weight is 253 g/mol. The predicted octanol–water partition coefficient (Wildman–Crippen LogP) is 2.02. The average Bonchev–Trinajstić information content (AvgIpc) is 2.47. The molecule has 14 heavy (non-hydrogen) atoms. The van der Waals surface area contributed by atoms with Gasteiger partial charge in [-0.05, 0) is 17.7 Å². The first-order valence-electron chi connectivity index (χ1n) is 4.27. The highest BCUT2D eigenvalue weighted by Crippen LogP contribution is 2.17. The first-order valence-corrected chi connectivity index (χ1v) is 5.06. The molecular formula is C10H9BrN2O. The van der Waals surface area contributed by atoms with Crippen molar-refractivity contribution in [3.05, 3.63) is 34.3 Å². The van der Waals surface area contributed by atoms with Crippen LogP contribution in [0.2, 0.25) is 0 Å². The minimum atomic E-state index is 0.0416. The Labute approximate surface area is 90.5 Å². The van der Waals surface area contributed by atoms with Gasteiger partial charge in [-0.1, -0.05) is 28.1 Å². The fourth-order valence-corrected chi connectivity index (χ4v) is 1.76. The highest BCUT2D eigenvalue weighted by atomic mass is 79.9. The zero-order valence-electron chi connectivity index (χ0n) is 7.70. The number of carbonyl (C=O) groups is 1. The Morgan fingerprint density at radius 3 is 2.86 bits per heavy atom. The quantitative estimate of drug-likeness (QED) is 0.753. The number of hydrazone groups is 1. The summed E-state index contributed by atoms with van der Waals surface area (Å²) in [6.07, 6.45) is 0.396. The van der Waals surface area contributed by atoms with Crippen molar-refractivity contribution < 1.29 is 4.79 Å². The highest BCUT2D eigenvalue weighted by molar-refractivity contribution is 9.10. The number of nitrogens with zero attached hydrogens (tertiary/aromatic N) is 2. The van der Waals surface area contributed by atoms with Crippen molar-refractivity contribution in [3.63, 3.8) is 0 Å². The lowest BCUT2D eigenvalue weighted by Gasteiger charge is -1.99. The standard InChI is InChI=1S/C10H9BrN2O/c1-13-10(14)6-9(12-13)7-3-2-4-8(11)5-7/h2-5H,6H2,1H3. The van der Waals surface area contributed by atoms with Gasteiger partial charge >= 0.3 is 0 Å². The molecule has 3 nitrogen and oxygen atoms in total. The minimum Gasteiger partial charge on any atom is -0.273 e. The molecule has 1 aliphatic heterocycles. The fraction of sp³-hybridized carbons (Fsp3) is 0.200. The molecule has 0 unspecified atom stereocenters. The van der Waals surface area contributed by atoms with Crippen LogP contribution in [-0.2, 0) is 4.79 Å². The van der Waals surface area contributed by atoms with Gasteiger partial charge < -0.3 is 0 Å². The molecular weight excluding hydrogens is 244 g/mol. The molecule has 0 saturated heterocycles. The molecule has 1 aromatic carbocycles. The molecule has 72 valence electrons. The van der Waals surface area contributed by atoms with Gasteiger partial charge in [0.15, 0.2) is 0 Å². The van der Waals surface area contributed by atoms with E-state index in [0.717, 1.165) is 15.7 Å². The van der Waals surface area contributed by atoms with Gasteiger partial charge in [0.25, 0.3) is 0 Å². The molecule has 0 radical (unpaired) electrons. The van der Waals surface area contributed by atoms with Gasteiger partial charge in [0.1, 0.15) is 0 Å². The van der Waals surface area contributed by atoms with E-state index >= 15 is 0 Å². The molecule has 1 aromatic rings. The number of carbonyl (C=O) groups excluding carboxylic acids is 1. The van der Waals surface area contributed by atoms with Crippen LogP contribution in [0.1, 0.15) is 12.0 Å². The smallest absolute Gasteiger partial charge is 0.248 e. The second-order valence-corrected chi connectivity index (χ2v) is 4.07. The molecule has 1 heterocycles. The molecule has 4 heteroatoms. The van der Waals surface area contributed by atoms with Gasteiger partial charge in [-0.2, -0.15) is 5.10 Å². The van der Waals surface area contributed by atoms with E-state index in [0.29, 0.717) is 6.42 Å². The van der Waals surface area contributed by atoms with Gasteiger partial charge in [0.05, 0.1) is 12.1 Å². The third-order valence-electron chi connectivity index (χ3n) is 2.11. The zero-order valence-corrected chi connectivity index (χ0v) is 9.28. The summed E-state index contributed by atoms with van der Waals surface area (Å²) >= 11 is 3.39. The van der Waals surface area contributed by atoms with Crippen LogP contribution >= 0.6 is 15.9 Å². The number of rotatable bonds is 1. The van der Waals surface area contributed by atoms with Crippen LogP contribution in [0.3, 0.4) is 0 Å². The van der Waals surface area contributed by atoms with E-state index in [1.807, 2.05) is 24.3 Å². The molecule has 0 fully saturated rings. The molecule has 0 N–H and O–H groups in total. The lowest BCUT2D eigenvalue weighted by atomic mass is 10.1. The van der Waals surface area contributed by atoms with Gasteiger partial charge in [-0.25, -0.2) is 5.01 Å². The monoisotopic (exact) mass is 252 g/mol. The van der Waals surface area contributed by atoms with Gasteiger partial charge in [0.2, 0.25) is 5.91 Å². The van der Waals surface area contributed by atoms with Crippen LogP contribution < -0.4 is 0 Å². The van der Waals surface area contributed by atoms with Crippen molar-refractivity contribution >= 4 is 27.5 Å². The van der Waals surface area contributed by atoms with E-state index in [2.05, 4.69) is 21.0 Å². The Hall–Kier alpha value is -1.16. The number of hydrogen-bond acceptors (Lipinski definition) is 2. The van der Waals surface area contributed by atoms with Crippen molar-refractivity contribution in [2.45, 2.75) is 6.42 Å². The van der Waals surface area contributed by atoms with E-state index in [1.54, 1.807) is 7.05 Å². The Bertz CT molecular complexity index is 414. The Balaban J connectivity index is 2.33. The van der Waals surface area contributed by atoms with Crippen molar-refractivity contribution in [2.24, 2.45) is 5.10 Å². The van der Waals surface area contributed by atoms with Crippen LogP contribution in [0.4, 0.5) is 0 Å². The number of halogens is 1. The first kappa shape index (κ1) is 9.40. The van der Waals surface area contributed by atoms with Crippen molar-refractivity contribution in [3.8, 4) is 0 Å². The number of benzene rings is 1. The Morgan fingerprint density at radius 1 is 1.50 bits per heavy atom. The molecule has 0 saturated carbocycles. The maximum absolute atomic E-state index is 11.2. The van der Waals surface area contributed by atoms with Crippen LogP contribution in [0.25, 0.3) is 0 Å². The molecule has 2 rings (SSSR count). The summed E-state index contributed by atoms with van der Waals surface area (Å²) in [5.74, 6) is 0.0416. The third-order valence-corrected chi connectivity index (χ3v) is 2.60. The normalized spacial score (nSPS) is 16.0. The summed E-state index contributed by atoms with van der Waals surface area (Å²) in [5.41, 5.74) is 1.83. The molecule has 0 bridgehead atoms. The molecule has 0 atom stereocenters. The highest BCUT2D eigenvalue weighted by Gasteiger charge is 2.21. The molecule has 0 aliphatic carbocycles. The molecule has 0 spiro atoms. The molecule has 1 aliphatic rings. The summed E-state index contributed by atoms with van der Waals surface area (Å²) in [4.78, 5) is 11.2. The maximum Gasteiger partial charge on any atom is 0.248 e.